The topological polar surface area (TPSA) is 50.9 Å². The molecule has 19 heavy (non-hydrogen) atoms. The summed E-state index contributed by atoms with van der Waals surface area (Å²) in [5.41, 5.74) is 9.88. The fourth-order valence-electron chi connectivity index (χ4n) is 2.00. The van der Waals surface area contributed by atoms with Crippen LogP contribution in [-0.2, 0) is 6.42 Å². The van der Waals surface area contributed by atoms with Crippen molar-refractivity contribution in [2.75, 3.05) is 11.1 Å². The number of nitrogens with two attached hydrogens (primary N) is 1. The summed E-state index contributed by atoms with van der Waals surface area (Å²) in [6, 6.07) is 10.5. The van der Waals surface area contributed by atoms with Gasteiger partial charge in [-0.15, -0.1) is 0 Å². The van der Waals surface area contributed by atoms with Crippen LogP contribution in [-0.4, -0.2) is 4.98 Å². The van der Waals surface area contributed by atoms with Crippen LogP contribution in [0.2, 0.25) is 0 Å². The fraction of sp³-hybridized carbons (Fsp3) is 0.312. The minimum atomic E-state index is 0.693. The Hall–Kier alpha value is -2.03. The van der Waals surface area contributed by atoms with Gasteiger partial charge in [-0.2, -0.15) is 0 Å². The van der Waals surface area contributed by atoms with Crippen LogP contribution in [0.1, 0.15) is 30.9 Å². The van der Waals surface area contributed by atoms with E-state index in [2.05, 4.69) is 41.5 Å². The van der Waals surface area contributed by atoms with Crippen molar-refractivity contribution in [3.05, 3.63) is 47.7 Å². The minimum Gasteiger partial charge on any atom is -0.397 e. The normalized spacial score (nSPS) is 10.4. The number of rotatable bonds is 5. The third-order valence-electron chi connectivity index (χ3n) is 3.14. The van der Waals surface area contributed by atoms with Gasteiger partial charge in [0.2, 0.25) is 0 Å². The second kappa shape index (κ2) is 6.23. The Bertz CT molecular complexity index is 532. The number of anilines is 3. The maximum atomic E-state index is 5.70. The van der Waals surface area contributed by atoms with Crippen molar-refractivity contribution >= 4 is 17.2 Å². The first-order valence-electron chi connectivity index (χ1n) is 6.77. The van der Waals surface area contributed by atoms with Crippen LogP contribution >= 0.6 is 0 Å². The van der Waals surface area contributed by atoms with Gasteiger partial charge in [-0.05, 0) is 49.1 Å². The molecular formula is C16H21N3. The number of pyridine rings is 1. The summed E-state index contributed by atoms with van der Waals surface area (Å²) in [6.07, 6.45) is 5.29. The molecule has 0 spiro atoms. The van der Waals surface area contributed by atoms with Crippen LogP contribution in [0.4, 0.5) is 17.2 Å². The van der Waals surface area contributed by atoms with Crippen molar-refractivity contribution in [3.8, 4) is 0 Å². The average molecular weight is 255 g/mol. The molecule has 0 unspecified atom stereocenters. The lowest BCUT2D eigenvalue weighted by Gasteiger charge is -2.09. The van der Waals surface area contributed by atoms with E-state index in [1.54, 1.807) is 6.20 Å². The smallest absolute Gasteiger partial charge is 0.133 e. The summed E-state index contributed by atoms with van der Waals surface area (Å²) in [5.74, 6) is 0.857. The van der Waals surface area contributed by atoms with E-state index in [0.717, 1.165) is 23.5 Å². The van der Waals surface area contributed by atoms with Gasteiger partial charge in [-0.25, -0.2) is 4.98 Å². The van der Waals surface area contributed by atoms with Gasteiger partial charge in [0.15, 0.2) is 0 Å². The van der Waals surface area contributed by atoms with E-state index in [9.17, 15) is 0 Å². The SMILES string of the molecule is CCCCc1ccc(Nc2ncc(N)cc2C)cc1. The quantitative estimate of drug-likeness (QED) is 0.847. The van der Waals surface area contributed by atoms with Crippen molar-refractivity contribution in [2.45, 2.75) is 33.1 Å². The lowest BCUT2D eigenvalue weighted by atomic mass is 10.1. The van der Waals surface area contributed by atoms with Crippen molar-refractivity contribution in [1.82, 2.24) is 4.98 Å². The molecule has 0 bridgehead atoms. The summed E-state index contributed by atoms with van der Waals surface area (Å²) in [6.45, 7) is 4.22. The first-order chi connectivity index (χ1) is 9.19. The van der Waals surface area contributed by atoms with Gasteiger partial charge in [-0.3, -0.25) is 0 Å². The molecule has 0 amide bonds. The van der Waals surface area contributed by atoms with E-state index in [0.29, 0.717) is 5.69 Å². The van der Waals surface area contributed by atoms with Crippen molar-refractivity contribution < 1.29 is 0 Å². The molecule has 1 heterocycles. The van der Waals surface area contributed by atoms with Crippen LogP contribution in [0.3, 0.4) is 0 Å². The Morgan fingerprint density at radius 1 is 1.21 bits per heavy atom. The Balaban J connectivity index is 2.06. The summed E-state index contributed by atoms with van der Waals surface area (Å²) in [4.78, 5) is 4.31. The molecule has 0 atom stereocenters. The van der Waals surface area contributed by atoms with E-state index in [1.165, 1.54) is 18.4 Å². The number of unbranched alkanes of at least 4 members (excludes halogenated alkanes) is 1. The van der Waals surface area contributed by atoms with Gasteiger partial charge in [-0.1, -0.05) is 25.5 Å². The zero-order valence-corrected chi connectivity index (χ0v) is 11.6. The highest BCUT2D eigenvalue weighted by molar-refractivity contribution is 5.61. The van der Waals surface area contributed by atoms with Gasteiger partial charge >= 0.3 is 0 Å². The molecule has 0 radical (unpaired) electrons. The van der Waals surface area contributed by atoms with E-state index >= 15 is 0 Å². The Morgan fingerprint density at radius 2 is 1.95 bits per heavy atom. The average Bonchev–Trinajstić information content (AvgIpc) is 2.41. The van der Waals surface area contributed by atoms with Crippen molar-refractivity contribution in [3.63, 3.8) is 0 Å². The maximum absolute atomic E-state index is 5.70. The van der Waals surface area contributed by atoms with Crippen LogP contribution < -0.4 is 11.1 Å². The third kappa shape index (κ3) is 3.71. The monoisotopic (exact) mass is 255 g/mol. The van der Waals surface area contributed by atoms with Gasteiger partial charge in [0.05, 0.1) is 11.9 Å². The highest BCUT2D eigenvalue weighted by Gasteiger charge is 2.01. The molecule has 3 nitrogen and oxygen atoms in total. The number of nitrogens with one attached hydrogen (secondary N) is 1. The molecule has 0 saturated carbocycles. The molecule has 2 aromatic rings. The highest BCUT2D eigenvalue weighted by Crippen LogP contribution is 2.20. The largest absolute Gasteiger partial charge is 0.397 e. The molecular weight excluding hydrogens is 234 g/mol. The Morgan fingerprint density at radius 3 is 2.58 bits per heavy atom. The number of nitrogen functional groups attached to an aromatic ring is 1. The molecule has 0 fully saturated rings. The number of nitrogens with zero attached hydrogens (tertiary/aromatic N) is 1. The predicted molar refractivity (Wildman–Crippen MR) is 81.7 cm³/mol. The summed E-state index contributed by atoms with van der Waals surface area (Å²) < 4.78 is 0. The Labute approximate surface area is 114 Å². The molecule has 100 valence electrons. The minimum absolute atomic E-state index is 0.693. The number of hydrogen-bond donors (Lipinski definition) is 2. The highest BCUT2D eigenvalue weighted by atomic mass is 15.0. The first-order valence-corrected chi connectivity index (χ1v) is 6.77. The molecule has 1 aromatic heterocycles. The number of aromatic nitrogens is 1. The molecule has 0 saturated heterocycles. The summed E-state index contributed by atoms with van der Waals surface area (Å²) in [5, 5.41) is 3.32. The lowest BCUT2D eigenvalue weighted by Crippen LogP contribution is -1.98. The third-order valence-corrected chi connectivity index (χ3v) is 3.14. The zero-order chi connectivity index (χ0) is 13.7. The van der Waals surface area contributed by atoms with Gasteiger partial charge in [0, 0.05) is 5.69 Å². The lowest BCUT2D eigenvalue weighted by molar-refractivity contribution is 0.795. The zero-order valence-electron chi connectivity index (χ0n) is 11.6. The van der Waals surface area contributed by atoms with E-state index in [4.69, 9.17) is 5.73 Å². The van der Waals surface area contributed by atoms with Gasteiger partial charge < -0.3 is 11.1 Å². The van der Waals surface area contributed by atoms with E-state index in [1.807, 2.05) is 13.0 Å². The molecule has 3 heteroatoms. The van der Waals surface area contributed by atoms with Crippen molar-refractivity contribution in [1.29, 1.82) is 0 Å². The second-order valence-corrected chi connectivity index (χ2v) is 4.86. The Kier molecular flexibility index (Phi) is 4.39. The molecule has 0 aliphatic carbocycles. The first kappa shape index (κ1) is 13.4. The van der Waals surface area contributed by atoms with Crippen LogP contribution in [0.15, 0.2) is 36.5 Å². The molecule has 0 aliphatic rings. The van der Waals surface area contributed by atoms with Crippen LogP contribution in [0.25, 0.3) is 0 Å². The fourth-order valence-corrected chi connectivity index (χ4v) is 2.00. The van der Waals surface area contributed by atoms with Gasteiger partial charge in [0.1, 0.15) is 5.82 Å². The molecule has 3 N–H and O–H groups in total. The standard InChI is InChI=1S/C16H21N3/c1-3-4-5-13-6-8-15(9-7-13)19-16-12(2)10-14(17)11-18-16/h6-11H,3-5,17H2,1-2H3,(H,18,19). The van der Waals surface area contributed by atoms with E-state index < -0.39 is 0 Å². The van der Waals surface area contributed by atoms with Crippen LogP contribution in [0, 0.1) is 6.92 Å². The molecule has 0 aliphatic heterocycles. The number of hydrogen-bond acceptors (Lipinski definition) is 3. The summed E-state index contributed by atoms with van der Waals surface area (Å²) >= 11 is 0. The second-order valence-electron chi connectivity index (χ2n) is 4.86. The molecule has 2 rings (SSSR count). The van der Waals surface area contributed by atoms with E-state index in [-0.39, 0.29) is 0 Å². The van der Waals surface area contributed by atoms with Crippen molar-refractivity contribution in [2.24, 2.45) is 0 Å². The summed E-state index contributed by atoms with van der Waals surface area (Å²) in [7, 11) is 0. The number of benzene rings is 1. The number of aryl methyl sites for hydroxylation is 2. The maximum Gasteiger partial charge on any atom is 0.133 e. The van der Waals surface area contributed by atoms with Crippen LogP contribution in [0.5, 0.6) is 0 Å². The van der Waals surface area contributed by atoms with Gasteiger partial charge in [0.25, 0.3) is 0 Å². The predicted octanol–water partition coefficient (Wildman–Crippen LogP) is 4.06. The molecule has 1 aromatic carbocycles.